The van der Waals surface area contributed by atoms with Crippen molar-refractivity contribution in [2.45, 2.75) is 47.7 Å². The number of hydrogen-bond acceptors (Lipinski definition) is 5. The largest absolute Gasteiger partial charge is 0.324 e. The van der Waals surface area contributed by atoms with Crippen LogP contribution < -0.4 is 10.9 Å². The number of aromatic nitrogens is 2. The van der Waals surface area contributed by atoms with Gasteiger partial charge in [0.25, 0.3) is 5.56 Å². The molecule has 2 heterocycles. The van der Waals surface area contributed by atoms with Crippen LogP contribution in [0.4, 0.5) is 5.69 Å². The van der Waals surface area contributed by atoms with Crippen molar-refractivity contribution in [2.75, 3.05) is 18.4 Å². The molecule has 0 aliphatic rings. The summed E-state index contributed by atoms with van der Waals surface area (Å²) in [6.07, 6.45) is 0. The van der Waals surface area contributed by atoms with Gasteiger partial charge in [0.2, 0.25) is 5.91 Å². The van der Waals surface area contributed by atoms with Crippen LogP contribution in [0.15, 0.2) is 23.0 Å². The number of amides is 1. The maximum Gasteiger partial charge on any atom is 0.263 e. The molecule has 0 saturated carbocycles. The first kappa shape index (κ1) is 22.5. The lowest BCUT2D eigenvalue weighted by molar-refractivity contribution is -0.116. The van der Waals surface area contributed by atoms with E-state index >= 15 is 0 Å². The Morgan fingerprint density at radius 1 is 1.23 bits per heavy atom. The zero-order valence-corrected chi connectivity index (χ0v) is 19.6. The van der Waals surface area contributed by atoms with Crippen molar-refractivity contribution in [2.24, 2.45) is 0 Å². The number of carbonyl (C=O) groups is 1. The number of aryl methyl sites for hydroxylation is 3. The molecule has 0 radical (unpaired) electrons. The Labute approximate surface area is 185 Å². The van der Waals surface area contributed by atoms with Gasteiger partial charge >= 0.3 is 0 Å². The Bertz CT molecular complexity index is 1150. The minimum atomic E-state index is -0.269. The molecule has 6 nitrogen and oxygen atoms in total. The van der Waals surface area contributed by atoms with Gasteiger partial charge in [-0.1, -0.05) is 25.4 Å². The van der Waals surface area contributed by atoms with Gasteiger partial charge in [-0.15, -0.1) is 11.3 Å². The fraction of sp³-hybridized carbons (Fsp3) is 0.409. The number of thiophene rings is 1. The Hall–Kier alpha value is -2.22. The third-order valence-electron chi connectivity index (χ3n) is 5.39. The summed E-state index contributed by atoms with van der Waals surface area (Å²) in [5, 5.41) is 4.11. The number of nitrogens with zero attached hydrogens (tertiary/aromatic N) is 3. The summed E-state index contributed by atoms with van der Waals surface area (Å²) in [6, 6.07) is 5.29. The van der Waals surface area contributed by atoms with Gasteiger partial charge in [0.05, 0.1) is 11.9 Å². The highest BCUT2D eigenvalue weighted by Crippen LogP contribution is 2.26. The van der Waals surface area contributed by atoms with Gasteiger partial charge in [0, 0.05) is 15.6 Å². The van der Waals surface area contributed by atoms with E-state index in [1.165, 1.54) is 15.9 Å². The van der Waals surface area contributed by atoms with Crippen molar-refractivity contribution in [3.05, 3.63) is 55.4 Å². The van der Waals surface area contributed by atoms with Crippen LogP contribution in [0.1, 0.15) is 35.7 Å². The van der Waals surface area contributed by atoms with Gasteiger partial charge in [-0.2, -0.15) is 0 Å². The SMILES string of the molecule is CCN(CC)Cc1nc2sc(C)c(C)c2c(=O)n1CC(=O)Nc1ccc(Cl)cc1C. The molecule has 0 unspecified atom stereocenters. The van der Waals surface area contributed by atoms with Crippen molar-refractivity contribution < 1.29 is 4.79 Å². The lowest BCUT2D eigenvalue weighted by atomic mass is 10.2. The predicted octanol–water partition coefficient (Wildman–Crippen LogP) is 4.52. The van der Waals surface area contributed by atoms with Gasteiger partial charge in [-0.25, -0.2) is 4.98 Å². The number of nitrogens with one attached hydrogen (secondary N) is 1. The molecule has 2 aromatic heterocycles. The number of hydrogen-bond donors (Lipinski definition) is 1. The average Bonchev–Trinajstić information content (AvgIpc) is 2.98. The van der Waals surface area contributed by atoms with Crippen molar-refractivity contribution >= 4 is 44.7 Å². The molecule has 0 bridgehead atoms. The molecule has 1 amide bonds. The average molecular weight is 447 g/mol. The Morgan fingerprint density at radius 2 is 1.93 bits per heavy atom. The molecular weight excluding hydrogens is 420 g/mol. The monoisotopic (exact) mass is 446 g/mol. The molecular formula is C22H27ClN4O2S. The number of rotatable bonds is 7. The first-order chi connectivity index (χ1) is 14.2. The van der Waals surface area contributed by atoms with Crippen LogP contribution in [0.3, 0.4) is 0 Å². The highest BCUT2D eigenvalue weighted by molar-refractivity contribution is 7.18. The smallest absolute Gasteiger partial charge is 0.263 e. The minimum Gasteiger partial charge on any atom is -0.324 e. The third-order valence-corrected chi connectivity index (χ3v) is 6.73. The zero-order valence-electron chi connectivity index (χ0n) is 18.0. The van der Waals surface area contributed by atoms with Crippen molar-refractivity contribution in [1.82, 2.24) is 14.5 Å². The molecule has 0 aliphatic carbocycles. The van der Waals surface area contributed by atoms with Crippen LogP contribution in [0, 0.1) is 20.8 Å². The van der Waals surface area contributed by atoms with Crippen LogP contribution in [0.2, 0.25) is 5.02 Å². The first-order valence-corrected chi connectivity index (χ1v) is 11.2. The standard InChI is InChI=1S/C22H27ClN4O2S/c1-6-26(7-2)11-18-25-21-20(14(4)15(5)30-21)22(29)27(18)12-19(28)24-17-9-8-16(23)10-13(17)3/h8-10H,6-7,11-12H2,1-5H3,(H,24,28). The lowest BCUT2D eigenvalue weighted by Crippen LogP contribution is -2.34. The van der Waals surface area contributed by atoms with Gasteiger partial charge in [0.15, 0.2) is 0 Å². The molecule has 160 valence electrons. The summed E-state index contributed by atoms with van der Waals surface area (Å²) in [6.45, 7) is 12.0. The molecule has 3 aromatic rings. The molecule has 0 saturated heterocycles. The topological polar surface area (TPSA) is 67.2 Å². The fourth-order valence-corrected chi connectivity index (χ4v) is 4.67. The molecule has 1 N–H and O–H groups in total. The van der Waals surface area contributed by atoms with Crippen molar-refractivity contribution in [3.8, 4) is 0 Å². The quantitative estimate of drug-likeness (QED) is 0.579. The molecule has 0 aliphatic heterocycles. The summed E-state index contributed by atoms with van der Waals surface area (Å²) >= 11 is 7.53. The Kier molecular flexibility index (Phi) is 6.95. The van der Waals surface area contributed by atoms with E-state index in [1.807, 2.05) is 20.8 Å². The molecule has 30 heavy (non-hydrogen) atoms. The van der Waals surface area contributed by atoms with E-state index in [2.05, 4.69) is 24.1 Å². The lowest BCUT2D eigenvalue weighted by Gasteiger charge is -2.20. The summed E-state index contributed by atoms with van der Waals surface area (Å²) < 4.78 is 1.51. The number of halogens is 1. The van der Waals surface area contributed by atoms with E-state index in [0.717, 1.165) is 33.9 Å². The number of carbonyl (C=O) groups excluding carboxylic acids is 1. The van der Waals surface area contributed by atoms with E-state index in [0.29, 0.717) is 28.5 Å². The summed E-state index contributed by atoms with van der Waals surface area (Å²) in [5.74, 6) is 0.342. The van der Waals surface area contributed by atoms with E-state index in [1.54, 1.807) is 18.2 Å². The molecule has 1 aromatic carbocycles. The van der Waals surface area contributed by atoms with Crippen LogP contribution in [-0.4, -0.2) is 33.4 Å². The third kappa shape index (κ3) is 4.58. The van der Waals surface area contributed by atoms with Gasteiger partial charge < -0.3 is 5.32 Å². The van der Waals surface area contributed by atoms with Crippen LogP contribution in [0.5, 0.6) is 0 Å². The number of fused-ring (bicyclic) bond motifs is 1. The highest BCUT2D eigenvalue weighted by Gasteiger charge is 2.19. The van der Waals surface area contributed by atoms with Gasteiger partial charge in [-0.05, 0) is 63.2 Å². The van der Waals surface area contributed by atoms with E-state index < -0.39 is 0 Å². The normalized spacial score (nSPS) is 11.4. The molecule has 3 rings (SSSR count). The van der Waals surface area contributed by atoms with Gasteiger partial charge in [0.1, 0.15) is 17.2 Å². The second-order valence-electron chi connectivity index (χ2n) is 7.35. The zero-order chi connectivity index (χ0) is 22.0. The van der Waals surface area contributed by atoms with Crippen LogP contribution in [0.25, 0.3) is 10.2 Å². The first-order valence-electron chi connectivity index (χ1n) is 10.0. The van der Waals surface area contributed by atoms with E-state index in [-0.39, 0.29) is 18.0 Å². The maximum absolute atomic E-state index is 13.4. The predicted molar refractivity (Wildman–Crippen MR) is 125 cm³/mol. The van der Waals surface area contributed by atoms with E-state index in [9.17, 15) is 9.59 Å². The van der Waals surface area contributed by atoms with Crippen LogP contribution >= 0.6 is 22.9 Å². The second kappa shape index (κ2) is 9.29. The van der Waals surface area contributed by atoms with E-state index in [4.69, 9.17) is 16.6 Å². The molecule has 0 spiro atoms. The molecule has 0 atom stereocenters. The summed E-state index contributed by atoms with van der Waals surface area (Å²) in [7, 11) is 0. The van der Waals surface area contributed by atoms with Crippen LogP contribution in [-0.2, 0) is 17.9 Å². The minimum absolute atomic E-state index is 0.0885. The fourth-order valence-electron chi connectivity index (χ4n) is 3.40. The Balaban J connectivity index is 2.01. The molecule has 8 heteroatoms. The van der Waals surface area contributed by atoms with Crippen molar-refractivity contribution in [1.29, 1.82) is 0 Å². The summed E-state index contributed by atoms with van der Waals surface area (Å²) in [5.41, 5.74) is 2.32. The second-order valence-corrected chi connectivity index (χ2v) is 8.99. The molecule has 0 fully saturated rings. The van der Waals surface area contributed by atoms with Crippen molar-refractivity contribution in [3.63, 3.8) is 0 Å². The highest BCUT2D eigenvalue weighted by atomic mass is 35.5. The Morgan fingerprint density at radius 3 is 2.57 bits per heavy atom. The maximum atomic E-state index is 13.4. The number of benzene rings is 1. The van der Waals surface area contributed by atoms with Gasteiger partial charge in [-0.3, -0.25) is 19.1 Å². The summed E-state index contributed by atoms with van der Waals surface area (Å²) in [4.78, 5) is 35.0. The number of anilines is 1.